The third-order valence-electron chi connectivity index (χ3n) is 4.67. The van der Waals surface area contributed by atoms with Crippen molar-refractivity contribution < 1.29 is 4.74 Å². The Morgan fingerprint density at radius 2 is 1.89 bits per heavy atom. The van der Waals surface area contributed by atoms with Crippen LogP contribution >= 0.6 is 0 Å². The first-order valence-electron chi connectivity index (χ1n) is 7.63. The lowest BCUT2D eigenvalue weighted by Gasteiger charge is -2.35. The summed E-state index contributed by atoms with van der Waals surface area (Å²) in [5.74, 6) is 2.46. The molecule has 19 heavy (non-hydrogen) atoms. The molecule has 1 saturated carbocycles. The second kappa shape index (κ2) is 6.95. The van der Waals surface area contributed by atoms with Crippen molar-refractivity contribution in [3.8, 4) is 5.75 Å². The number of benzene rings is 1. The van der Waals surface area contributed by atoms with Crippen molar-refractivity contribution in [2.45, 2.75) is 51.5 Å². The van der Waals surface area contributed by atoms with Gasteiger partial charge in [0.25, 0.3) is 0 Å². The third-order valence-corrected chi connectivity index (χ3v) is 4.67. The van der Waals surface area contributed by atoms with Gasteiger partial charge < -0.3 is 10.5 Å². The number of rotatable bonds is 5. The predicted octanol–water partition coefficient (Wildman–Crippen LogP) is 3.78. The summed E-state index contributed by atoms with van der Waals surface area (Å²) in [6.07, 6.45) is 7.71. The van der Waals surface area contributed by atoms with Gasteiger partial charge in [-0.15, -0.1) is 0 Å². The fourth-order valence-electron chi connectivity index (χ4n) is 3.49. The van der Waals surface area contributed by atoms with E-state index >= 15 is 0 Å². The van der Waals surface area contributed by atoms with Gasteiger partial charge in [0.2, 0.25) is 0 Å². The zero-order chi connectivity index (χ0) is 13.7. The molecule has 2 nitrogen and oxygen atoms in total. The van der Waals surface area contributed by atoms with E-state index in [0.29, 0.717) is 12.0 Å². The predicted molar refractivity (Wildman–Crippen MR) is 80.4 cm³/mol. The lowest BCUT2D eigenvalue weighted by molar-refractivity contribution is 0.195. The normalized spacial score (nSPS) is 25.0. The quantitative estimate of drug-likeness (QED) is 0.875. The summed E-state index contributed by atoms with van der Waals surface area (Å²) in [4.78, 5) is 0. The van der Waals surface area contributed by atoms with Crippen LogP contribution in [-0.4, -0.2) is 13.2 Å². The van der Waals surface area contributed by atoms with Crippen molar-refractivity contribution in [3.05, 3.63) is 29.8 Å². The van der Waals surface area contributed by atoms with Crippen molar-refractivity contribution in [1.82, 2.24) is 0 Å². The minimum atomic E-state index is 0.304. The molecule has 1 aromatic carbocycles. The van der Waals surface area contributed by atoms with E-state index in [4.69, 9.17) is 10.5 Å². The van der Waals surface area contributed by atoms with Crippen LogP contribution in [0.15, 0.2) is 24.3 Å². The molecule has 106 valence electrons. The zero-order valence-electron chi connectivity index (χ0n) is 12.3. The van der Waals surface area contributed by atoms with Gasteiger partial charge in [0, 0.05) is 6.04 Å². The Morgan fingerprint density at radius 1 is 1.21 bits per heavy atom. The van der Waals surface area contributed by atoms with Gasteiger partial charge >= 0.3 is 0 Å². The fourth-order valence-corrected chi connectivity index (χ4v) is 3.49. The van der Waals surface area contributed by atoms with Crippen molar-refractivity contribution >= 4 is 0 Å². The molecule has 3 unspecified atom stereocenters. The topological polar surface area (TPSA) is 35.2 Å². The second-order valence-electron chi connectivity index (χ2n) is 5.83. The van der Waals surface area contributed by atoms with Gasteiger partial charge in [-0.2, -0.15) is 0 Å². The van der Waals surface area contributed by atoms with E-state index in [1.807, 2.05) is 12.1 Å². The molecule has 1 aliphatic rings. The molecule has 1 fully saturated rings. The first-order valence-corrected chi connectivity index (χ1v) is 7.63. The van der Waals surface area contributed by atoms with Crippen LogP contribution in [0.5, 0.6) is 5.75 Å². The SMILES string of the molecule is CCC1CCCCC1C(N)Cc1ccc(OC)cc1. The molecule has 0 aromatic heterocycles. The Balaban J connectivity index is 1.96. The molecule has 2 heteroatoms. The minimum absolute atomic E-state index is 0.304. The maximum absolute atomic E-state index is 6.49. The van der Waals surface area contributed by atoms with Crippen LogP contribution in [0.4, 0.5) is 0 Å². The highest BCUT2D eigenvalue weighted by atomic mass is 16.5. The van der Waals surface area contributed by atoms with E-state index in [2.05, 4.69) is 19.1 Å². The van der Waals surface area contributed by atoms with Gasteiger partial charge in [-0.05, 0) is 42.4 Å². The molecule has 0 spiro atoms. The monoisotopic (exact) mass is 261 g/mol. The molecular formula is C17H27NO. The molecule has 2 N–H and O–H groups in total. The van der Waals surface area contributed by atoms with E-state index in [0.717, 1.165) is 18.1 Å². The number of hydrogen-bond donors (Lipinski definition) is 1. The highest BCUT2D eigenvalue weighted by molar-refractivity contribution is 5.27. The summed E-state index contributed by atoms with van der Waals surface area (Å²) < 4.78 is 5.19. The average Bonchev–Trinajstić information content (AvgIpc) is 2.48. The molecule has 0 radical (unpaired) electrons. The Bertz CT molecular complexity index is 373. The van der Waals surface area contributed by atoms with Crippen molar-refractivity contribution in [2.24, 2.45) is 17.6 Å². The Hall–Kier alpha value is -1.02. The molecule has 0 saturated heterocycles. The Labute approximate surface area is 117 Å². The van der Waals surface area contributed by atoms with Gasteiger partial charge in [0.15, 0.2) is 0 Å². The van der Waals surface area contributed by atoms with Gasteiger partial charge in [0.05, 0.1) is 7.11 Å². The summed E-state index contributed by atoms with van der Waals surface area (Å²) >= 11 is 0. The standard InChI is InChI=1S/C17H27NO/c1-3-14-6-4-5-7-16(14)17(18)12-13-8-10-15(19-2)11-9-13/h8-11,14,16-17H,3-7,12,18H2,1-2H3. The highest BCUT2D eigenvalue weighted by Crippen LogP contribution is 2.34. The lowest BCUT2D eigenvalue weighted by Crippen LogP contribution is -2.38. The Kier molecular flexibility index (Phi) is 5.26. The smallest absolute Gasteiger partial charge is 0.118 e. The van der Waals surface area contributed by atoms with Crippen molar-refractivity contribution in [1.29, 1.82) is 0 Å². The first-order chi connectivity index (χ1) is 9.24. The summed E-state index contributed by atoms with van der Waals surface area (Å²) in [5.41, 5.74) is 7.81. The van der Waals surface area contributed by atoms with Crippen LogP contribution in [0.1, 0.15) is 44.6 Å². The molecule has 3 atom stereocenters. The van der Waals surface area contributed by atoms with Gasteiger partial charge in [-0.25, -0.2) is 0 Å². The maximum Gasteiger partial charge on any atom is 0.118 e. The van der Waals surface area contributed by atoms with Crippen LogP contribution in [0.3, 0.4) is 0 Å². The first kappa shape index (κ1) is 14.4. The maximum atomic E-state index is 6.49. The molecule has 1 aromatic rings. The number of hydrogen-bond acceptors (Lipinski definition) is 2. The van der Waals surface area contributed by atoms with E-state index in [1.165, 1.54) is 37.7 Å². The molecule has 0 aliphatic heterocycles. The van der Waals surface area contributed by atoms with Gasteiger partial charge in [0.1, 0.15) is 5.75 Å². The second-order valence-corrected chi connectivity index (χ2v) is 5.83. The molecule has 0 amide bonds. The third kappa shape index (κ3) is 3.73. The molecule has 0 bridgehead atoms. The van der Waals surface area contributed by atoms with Crippen molar-refractivity contribution in [3.63, 3.8) is 0 Å². The lowest BCUT2D eigenvalue weighted by atomic mass is 9.73. The fraction of sp³-hybridized carbons (Fsp3) is 0.647. The molecule has 0 heterocycles. The summed E-state index contributed by atoms with van der Waals surface area (Å²) in [6, 6.07) is 8.64. The number of nitrogens with two attached hydrogens (primary N) is 1. The summed E-state index contributed by atoms with van der Waals surface area (Å²) in [6.45, 7) is 2.31. The number of methoxy groups -OCH3 is 1. The van der Waals surface area contributed by atoms with E-state index < -0.39 is 0 Å². The minimum Gasteiger partial charge on any atom is -0.497 e. The molecule has 2 rings (SSSR count). The van der Waals surface area contributed by atoms with Crippen molar-refractivity contribution in [2.75, 3.05) is 7.11 Å². The molecular weight excluding hydrogens is 234 g/mol. The largest absolute Gasteiger partial charge is 0.497 e. The van der Waals surface area contributed by atoms with Gasteiger partial charge in [-0.3, -0.25) is 0 Å². The molecule has 1 aliphatic carbocycles. The summed E-state index contributed by atoms with van der Waals surface area (Å²) in [7, 11) is 1.70. The highest BCUT2D eigenvalue weighted by Gasteiger charge is 2.28. The Morgan fingerprint density at radius 3 is 2.53 bits per heavy atom. The number of ether oxygens (including phenoxy) is 1. The van der Waals surface area contributed by atoms with E-state index in [1.54, 1.807) is 7.11 Å². The average molecular weight is 261 g/mol. The van der Waals surface area contributed by atoms with Crippen LogP contribution in [0, 0.1) is 11.8 Å². The summed E-state index contributed by atoms with van der Waals surface area (Å²) in [5, 5.41) is 0. The van der Waals surface area contributed by atoms with Crippen LogP contribution < -0.4 is 10.5 Å². The van der Waals surface area contributed by atoms with Crippen LogP contribution in [0.25, 0.3) is 0 Å². The van der Waals surface area contributed by atoms with E-state index in [9.17, 15) is 0 Å². The van der Waals surface area contributed by atoms with Crippen LogP contribution in [0.2, 0.25) is 0 Å². The zero-order valence-corrected chi connectivity index (χ0v) is 12.3. The van der Waals surface area contributed by atoms with Gasteiger partial charge in [-0.1, -0.05) is 44.7 Å². The van der Waals surface area contributed by atoms with Crippen LogP contribution in [-0.2, 0) is 6.42 Å². The van der Waals surface area contributed by atoms with E-state index in [-0.39, 0.29) is 0 Å².